The van der Waals surface area contributed by atoms with Gasteiger partial charge in [-0.3, -0.25) is 0 Å². The van der Waals surface area contributed by atoms with Gasteiger partial charge in [-0.25, -0.2) is 4.68 Å². The molecule has 0 spiro atoms. The van der Waals surface area contributed by atoms with Gasteiger partial charge in [0.25, 0.3) is 0 Å². The summed E-state index contributed by atoms with van der Waals surface area (Å²) in [5, 5.41) is 3.37. The van der Waals surface area contributed by atoms with Crippen LogP contribution >= 0.6 is 11.6 Å². The molecule has 0 amide bonds. The van der Waals surface area contributed by atoms with Crippen molar-refractivity contribution in [3.8, 4) is 0 Å². The van der Waals surface area contributed by atoms with E-state index < -0.39 is 6.55 Å². The van der Waals surface area contributed by atoms with E-state index in [1.165, 1.54) is 12.4 Å². The molecule has 0 radical (unpaired) electrons. The average Bonchev–Trinajstić information content (AvgIpc) is 2.34. The summed E-state index contributed by atoms with van der Waals surface area (Å²) >= 11 is 5.35. The molecule has 1 heterocycles. The third-order valence-corrected chi connectivity index (χ3v) is 1.32. The largest absolute Gasteiger partial charge is 0.333 e. The summed E-state index contributed by atoms with van der Waals surface area (Å²) in [7, 11) is 0. The Labute approximate surface area is 61.4 Å². The summed E-state index contributed by atoms with van der Waals surface area (Å²) < 4.78 is 24.1. The Hall–Kier alpha value is -0.640. The smallest absolute Gasteiger partial charge is 0.211 e. The van der Waals surface area contributed by atoms with Crippen LogP contribution in [0.15, 0.2) is 12.4 Å². The van der Waals surface area contributed by atoms with E-state index in [9.17, 15) is 8.78 Å². The fourth-order valence-electron chi connectivity index (χ4n) is 0.553. The van der Waals surface area contributed by atoms with Crippen molar-refractivity contribution >= 4 is 11.6 Å². The van der Waals surface area contributed by atoms with Gasteiger partial charge in [0.2, 0.25) is 0 Å². The Bertz CT molecular complexity index is 211. The monoisotopic (exact) mass is 166 g/mol. The number of aromatic nitrogens is 2. The number of rotatable bonds is 2. The lowest BCUT2D eigenvalue weighted by Gasteiger charge is -1.94. The Morgan fingerprint density at radius 3 is 2.70 bits per heavy atom. The fraction of sp³-hybridized carbons (Fsp3) is 0.400. The third-order valence-electron chi connectivity index (χ3n) is 1.01. The molecule has 1 aromatic rings. The van der Waals surface area contributed by atoms with Crippen molar-refractivity contribution in [2.45, 2.75) is 12.4 Å². The van der Waals surface area contributed by atoms with Gasteiger partial charge in [-0.15, -0.1) is 11.6 Å². The van der Waals surface area contributed by atoms with Crippen LogP contribution in [0.3, 0.4) is 0 Å². The summed E-state index contributed by atoms with van der Waals surface area (Å²) in [4.78, 5) is 0. The maximum Gasteiger partial charge on any atom is 0.333 e. The van der Waals surface area contributed by atoms with Crippen LogP contribution < -0.4 is 0 Å². The second-order valence-electron chi connectivity index (χ2n) is 1.74. The summed E-state index contributed by atoms with van der Waals surface area (Å²) in [6.07, 6.45) is 2.54. The van der Waals surface area contributed by atoms with Gasteiger partial charge in [0.05, 0.1) is 12.1 Å². The van der Waals surface area contributed by atoms with E-state index >= 15 is 0 Å². The highest BCUT2D eigenvalue weighted by atomic mass is 35.5. The van der Waals surface area contributed by atoms with Gasteiger partial charge in [0, 0.05) is 11.8 Å². The molecule has 0 aliphatic heterocycles. The van der Waals surface area contributed by atoms with Crippen LogP contribution in [0.25, 0.3) is 0 Å². The van der Waals surface area contributed by atoms with E-state index in [1.54, 1.807) is 0 Å². The summed E-state index contributed by atoms with van der Waals surface area (Å²) in [5.74, 6) is 0.215. The van der Waals surface area contributed by atoms with Crippen LogP contribution in [0.4, 0.5) is 8.78 Å². The van der Waals surface area contributed by atoms with Crippen molar-refractivity contribution in [3.63, 3.8) is 0 Å². The zero-order chi connectivity index (χ0) is 7.56. The van der Waals surface area contributed by atoms with E-state index in [0.717, 1.165) is 0 Å². The molecule has 5 heteroatoms. The highest BCUT2D eigenvalue weighted by Gasteiger charge is 2.05. The molecule has 0 aliphatic rings. The van der Waals surface area contributed by atoms with Gasteiger partial charge < -0.3 is 0 Å². The molecule has 0 bridgehead atoms. The van der Waals surface area contributed by atoms with E-state index in [4.69, 9.17) is 11.6 Å². The van der Waals surface area contributed by atoms with Gasteiger partial charge in [-0.2, -0.15) is 13.9 Å². The topological polar surface area (TPSA) is 17.8 Å². The molecule has 0 fully saturated rings. The van der Waals surface area contributed by atoms with E-state index in [2.05, 4.69) is 5.10 Å². The molecule has 0 atom stereocenters. The second-order valence-corrected chi connectivity index (χ2v) is 2.01. The zero-order valence-corrected chi connectivity index (χ0v) is 5.72. The maximum absolute atomic E-state index is 11.8. The van der Waals surface area contributed by atoms with Crippen LogP contribution in [-0.2, 0) is 5.88 Å². The van der Waals surface area contributed by atoms with Crippen molar-refractivity contribution in [2.24, 2.45) is 0 Å². The molecular formula is C5H5ClF2N2. The molecule has 0 aliphatic carbocycles. The van der Waals surface area contributed by atoms with Crippen molar-refractivity contribution in [1.82, 2.24) is 9.78 Å². The number of halogens is 3. The maximum atomic E-state index is 11.8. The van der Waals surface area contributed by atoms with Crippen LogP contribution in [0.2, 0.25) is 0 Å². The first-order chi connectivity index (χ1) is 4.74. The Morgan fingerprint density at radius 2 is 2.40 bits per heavy atom. The molecule has 1 rings (SSSR count). The number of alkyl halides is 3. The van der Waals surface area contributed by atoms with Crippen LogP contribution in [-0.4, -0.2) is 9.78 Å². The SMILES string of the molecule is FC(F)n1cc(CCl)cn1. The first-order valence-electron chi connectivity index (χ1n) is 2.61. The molecule has 0 N–H and O–H groups in total. The fourth-order valence-corrected chi connectivity index (χ4v) is 0.691. The molecule has 0 saturated carbocycles. The summed E-state index contributed by atoms with van der Waals surface area (Å²) in [5.41, 5.74) is 0.599. The third kappa shape index (κ3) is 1.44. The average molecular weight is 167 g/mol. The van der Waals surface area contributed by atoms with Gasteiger partial charge in [0.1, 0.15) is 0 Å². The molecule has 0 saturated heterocycles. The predicted octanol–water partition coefficient (Wildman–Crippen LogP) is 2.02. The lowest BCUT2D eigenvalue weighted by atomic mass is 10.4. The van der Waals surface area contributed by atoms with Crippen molar-refractivity contribution in [2.75, 3.05) is 0 Å². The minimum absolute atomic E-state index is 0.215. The first-order valence-corrected chi connectivity index (χ1v) is 3.14. The normalized spacial score (nSPS) is 10.8. The number of hydrogen-bond acceptors (Lipinski definition) is 1. The van der Waals surface area contributed by atoms with Gasteiger partial charge >= 0.3 is 6.55 Å². The van der Waals surface area contributed by atoms with Gasteiger partial charge in [-0.05, 0) is 0 Å². The van der Waals surface area contributed by atoms with Gasteiger partial charge in [0.15, 0.2) is 0 Å². The first kappa shape index (κ1) is 7.47. The lowest BCUT2D eigenvalue weighted by Crippen LogP contribution is -1.96. The van der Waals surface area contributed by atoms with Crippen LogP contribution in [0.5, 0.6) is 0 Å². The predicted molar refractivity (Wildman–Crippen MR) is 33.0 cm³/mol. The molecule has 56 valence electrons. The molecule has 0 unspecified atom stereocenters. The van der Waals surface area contributed by atoms with E-state index in [0.29, 0.717) is 10.2 Å². The molecule has 1 aromatic heterocycles. The van der Waals surface area contributed by atoms with Crippen molar-refractivity contribution in [1.29, 1.82) is 0 Å². The van der Waals surface area contributed by atoms with Gasteiger partial charge in [-0.1, -0.05) is 0 Å². The van der Waals surface area contributed by atoms with E-state index in [1.807, 2.05) is 0 Å². The summed E-state index contributed by atoms with van der Waals surface area (Å²) in [6.45, 7) is -2.57. The van der Waals surface area contributed by atoms with Crippen LogP contribution in [0.1, 0.15) is 12.1 Å². The van der Waals surface area contributed by atoms with Crippen LogP contribution in [0, 0.1) is 0 Å². The highest BCUT2D eigenvalue weighted by Crippen LogP contribution is 2.10. The molecular weight excluding hydrogens is 162 g/mol. The Kier molecular flexibility index (Phi) is 2.21. The summed E-state index contributed by atoms with van der Waals surface area (Å²) in [6, 6.07) is 0. The lowest BCUT2D eigenvalue weighted by molar-refractivity contribution is 0.0565. The molecule has 10 heavy (non-hydrogen) atoms. The quantitative estimate of drug-likeness (QED) is 0.615. The van der Waals surface area contributed by atoms with Crippen molar-refractivity contribution < 1.29 is 8.78 Å². The molecule has 2 nitrogen and oxygen atoms in total. The highest BCUT2D eigenvalue weighted by molar-refractivity contribution is 6.17. The van der Waals surface area contributed by atoms with Crippen molar-refractivity contribution in [3.05, 3.63) is 18.0 Å². The Morgan fingerprint density at radius 1 is 1.70 bits per heavy atom. The minimum Gasteiger partial charge on any atom is -0.211 e. The standard InChI is InChI=1S/C5H5ClF2N2/c6-1-4-2-9-10(3-4)5(7)8/h2-3,5H,1H2. The Balaban J connectivity index is 2.78. The minimum atomic E-state index is -2.57. The zero-order valence-electron chi connectivity index (χ0n) is 4.97. The second kappa shape index (κ2) is 2.96. The van der Waals surface area contributed by atoms with E-state index in [-0.39, 0.29) is 5.88 Å². The number of hydrogen-bond donors (Lipinski definition) is 0. The molecule has 0 aromatic carbocycles. The number of nitrogens with zero attached hydrogens (tertiary/aromatic N) is 2.